The topological polar surface area (TPSA) is 124 Å². The number of rotatable bonds is 7. The fraction of sp³-hybridized carbons (Fsp3) is 0.381. The first-order valence-corrected chi connectivity index (χ1v) is 11.5. The Labute approximate surface area is 180 Å². The van der Waals surface area contributed by atoms with Crippen molar-refractivity contribution in [3.8, 4) is 6.07 Å². The lowest BCUT2D eigenvalue weighted by Crippen LogP contribution is -2.26. The molecule has 2 heterocycles. The molecule has 1 fully saturated rings. The lowest BCUT2D eigenvalue weighted by Gasteiger charge is -2.32. The van der Waals surface area contributed by atoms with Crippen LogP contribution in [0, 0.1) is 17.2 Å². The summed E-state index contributed by atoms with van der Waals surface area (Å²) in [5.74, 6) is 0.743. The molecule has 0 spiro atoms. The predicted molar refractivity (Wildman–Crippen MR) is 118 cm³/mol. The number of aromatic nitrogens is 3. The van der Waals surface area contributed by atoms with Gasteiger partial charge in [0.25, 0.3) is 5.56 Å². The van der Waals surface area contributed by atoms with Gasteiger partial charge in [-0.05, 0) is 49.1 Å². The molecular weight excluding hydrogens is 416 g/mol. The fourth-order valence-electron chi connectivity index (χ4n) is 3.87. The number of aromatic amines is 1. The highest BCUT2D eigenvalue weighted by atomic mass is 32.2. The van der Waals surface area contributed by atoms with Crippen molar-refractivity contribution in [1.29, 1.82) is 5.26 Å². The summed E-state index contributed by atoms with van der Waals surface area (Å²) in [4.78, 5) is 15.5. The second-order valence-electron chi connectivity index (χ2n) is 7.92. The number of nitriles is 1. The standard InChI is InChI=1S/C21H24N6O3S/c1-26(2)31(29,30)16-8-6-15(7-9-16)24-20-19-18(11-13-23-21(19)28)27(25-20)17(10-12-22)14-4-3-5-14/h6-9,11,13-14,17H,3-5,10H2,1-2H3,(H,23,28)(H,24,25)/t17-/m0/s1. The molecule has 1 atom stereocenters. The zero-order valence-electron chi connectivity index (χ0n) is 17.4. The third-order valence-electron chi connectivity index (χ3n) is 5.83. The molecule has 4 rings (SSSR count). The van der Waals surface area contributed by atoms with Crippen molar-refractivity contribution >= 4 is 32.4 Å². The number of H-pyrrole nitrogens is 1. The number of sulfonamides is 1. The van der Waals surface area contributed by atoms with Crippen LogP contribution >= 0.6 is 0 Å². The molecule has 10 heteroatoms. The molecule has 2 aromatic heterocycles. The Morgan fingerprint density at radius 1 is 1.29 bits per heavy atom. The molecule has 2 N–H and O–H groups in total. The van der Waals surface area contributed by atoms with Crippen molar-refractivity contribution in [2.75, 3.05) is 19.4 Å². The minimum absolute atomic E-state index is 0.0915. The van der Waals surface area contributed by atoms with Crippen molar-refractivity contribution in [2.45, 2.75) is 36.6 Å². The van der Waals surface area contributed by atoms with Crippen LogP contribution in [0.3, 0.4) is 0 Å². The maximum atomic E-state index is 12.6. The average molecular weight is 441 g/mol. The highest BCUT2D eigenvalue weighted by molar-refractivity contribution is 7.89. The maximum Gasteiger partial charge on any atom is 0.261 e. The lowest BCUT2D eigenvalue weighted by atomic mass is 9.79. The van der Waals surface area contributed by atoms with Gasteiger partial charge in [-0.1, -0.05) is 6.42 Å². The Morgan fingerprint density at radius 2 is 2.00 bits per heavy atom. The molecule has 0 saturated heterocycles. The molecule has 1 aromatic carbocycles. The van der Waals surface area contributed by atoms with Crippen molar-refractivity contribution < 1.29 is 8.42 Å². The highest BCUT2D eigenvalue weighted by Crippen LogP contribution is 2.40. The molecule has 1 aliphatic carbocycles. The van der Waals surface area contributed by atoms with Crippen LogP contribution in [0.25, 0.3) is 10.9 Å². The summed E-state index contributed by atoms with van der Waals surface area (Å²) in [6.45, 7) is 0. The van der Waals surface area contributed by atoms with Crippen LogP contribution in [0.15, 0.2) is 46.2 Å². The van der Waals surface area contributed by atoms with Crippen LogP contribution in [0.2, 0.25) is 0 Å². The summed E-state index contributed by atoms with van der Waals surface area (Å²) in [5, 5.41) is 17.6. The second kappa shape index (κ2) is 8.17. The van der Waals surface area contributed by atoms with E-state index in [0.29, 0.717) is 34.7 Å². The van der Waals surface area contributed by atoms with Gasteiger partial charge in [-0.3, -0.25) is 9.48 Å². The minimum atomic E-state index is -3.53. The number of nitrogens with one attached hydrogen (secondary N) is 2. The number of nitrogens with zero attached hydrogens (tertiary/aromatic N) is 4. The van der Waals surface area contributed by atoms with E-state index in [-0.39, 0.29) is 16.5 Å². The SMILES string of the molecule is CN(C)S(=O)(=O)c1ccc(Nc2nn([C@@H](CC#N)C3CCC3)c3cc[nH]c(=O)c23)cc1. The molecule has 1 saturated carbocycles. The van der Waals surface area contributed by atoms with Crippen LogP contribution in [-0.2, 0) is 10.0 Å². The first-order valence-electron chi connectivity index (χ1n) is 10.1. The zero-order valence-corrected chi connectivity index (χ0v) is 18.2. The van der Waals surface area contributed by atoms with E-state index in [1.165, 1.54) is 26.2 Å². The summed E-state index contributed by atoms with van der Waals surface area (Å²) in [6, 6.07) is 10.2. The van der Waals surface area contributed by atoms with Gasteiger partial charge in [-0.15, -0.1) is 0 Å². The van der Waals surface area contributed by atoms with Gasteiger partial charge < -0.3 is 10.3 Å². The van der Waals surface area contributed by atoms with Crippen molar-refractivity contribution in [3.05, 3.63) is 46.9 Å². The van der Waals surface area contributed by atoms with Crippen molar-refractivity contribution in [1.82, 2.24) is 19.1 Å². The number of hydrogen-bond donors (Lipinski definition) is 2. The van der Waals surface area contributed by atoms with E-state index >= 15 is 0 Å². The van der Waals surface area contributed by atoms with E-state index in [0.717, 1.165) is 23.6 Å². The Balaban J connectivity index is 1.73. The van der Waals surface area contributed by atoms with Crippen LogP contribution in [0.1, 0.15) is 31.7 Å². The van der Waals surface area contributed by atoms with Crippen LogP contribution < -0.4 is 10.9 Å². The van der Waals surface area contributed by atoms with E-state index in [9.17, 15) is 18.5 Å². The van der Waals surface area contributed by atoms with Gasteiger partial charge >= 0.3 is 0 Å². The fourth-order valence-corrected chi connectivity index (χ4v) is 4.77. The van der Waals surface area contributed by atoms with Gasteiger partial charge in [-0.2, -0.15) is 10.4 Å². The Hall–Kier alpha value is -3.16. The summed E-state index contributed by atoms with van der Waals surface area (Å²) in [5.41, 5.74) is 1.00. The third-order valence-corrected chi connectivity index (χ3v) is 7.66. The molecule has 162 valence electrons. The summed E-state index contributed by atoms with van der Waals surface area (Å²) in [7, 11) is -0.570. The van der Waals surface area contributed by atoms with Crippen molar-refractivity contribution in [3.63, 3.8) is 0 Å². The normalized spacial score (nSPS) is 15.5. The van der Waals surface area contributed by atoms with Gasteiger partial charge in [0.05, 0.1) is 28.9 Å². The molecule has 9 nitrogen and oxygen atoms in total. The molecular formula is C21H24N6O3S. The largest absolute Gasteiger partial charge is 0.338 e. The monoisotopic (exact) mass is 440 g/mol. The molecule has 3 aromatic rings. The van der Waals surface area contributed by atoms with Crippen LogP contribution in [-0.4, -0.2) is 41.6 Å². The number of benzene rings is 1. The maximum absolute atomic E-state index is 12.6. The van der Waals surface area contributed by atoms with E-state index in [1.54, 1.807) is 29.1 Å². The minimum Gasteiger partial charge on any atom is -0.338 e. The van der Waals surface area contributed by atoms with Gasteiger partial charge in [-0.25, -0.2) is 12.7 Å². The molecule has 0 amide bonds. The summed E-state index contributed by atoms with van der Waals surface area (Å²) < 4.78 is 27.5. The van der Waals surface area contributed by atoms with E-state index < -0.39 is 10.0 Å². The lowest BCUT2D eigenvalue weighted by molar-refractivity contribution is 0.203. The number of anilines is 2. The van der Waals surface area contributed by atoms with E-state index in [1.807, 2.05) is 0 Å². The number of pyridine rings is 1. The van der Waals surface area contributed by atoms with Gasteiger partial charge in [0.2, 0.25) is 10.0 Å². The quantitative estimate of drug-likeness (QED) is 0.582. The van der Waals surface area contributed by atoms with Crippen LogP contribution in [0.5, 0.6) is 0 Å². The number of fused-ring (bicyclic) bond motifs is 1. The van der Waals surface area contributed by atoms with Gasteiger partial charge in [0, 0.05) is 26.0 Å². The Bertz CT molecular complexity index is 1300. The molecule has 1 aliphatic rings. The molecule has 0 unspecified atom stereocenters. The molecule has 0 radical (unpaired) electrons. The Kier molecular flexibility index (Phi) is 5.56. The molecule has 0 aliphatic heterocycles. The van der Waals surface area contributed by atoms with Gasteiger partial charge in [0.1, 0.15) is 5.39 Å². The van der Waals surface area contributed by atoms with Gasteiger partial charge in [0.15, 0.2) is 5.82 Å². The highest BCUT2D eigenvalue weighted by Gasteiger charge is 2.31. The number of hydrogen-bond acceptors (Lipinski definition) is 6. The first kappa shape index (κ1) is 21.1. The Morgan fingerprint density at radius 3 is 2.58 bits per heavy atom. The third kappa shape index (κ3) is 3.82. The summed E-state index contributed by atoms with van der Waals surface area (Å²) >= 11 is 0. The smallest absolute Gasteiger partial charge is 0.261 e. The predicted octanol–water partition coefficient (Wildman–Crippen LogP) is 2.97. The first-order chi connectivity index (χ1) is 14.8. The van der Waals surface area contributed by atoms with Crippen molar-refractivity contribution in [2.24, 2.45) is 5.92 Å². The molecule has 31 heavy (non-hydrogen) atoms. The molecule has 0 bridgehead atoms. The zero-order chi connectivity index (χ0) is 22.2. The average Bonchev–Trinajstić information content (AvgIpc) is 3.06. The second-order valence-corrected chi connectivity index (χ2v) is 10.1. The summed E-state index contributed by atoms with van der Waals surface area (Å²) in [6.07, 6.45) is 5.13. The van der Waals surface area contributed by atoms with E-state index in [4.69, 9.17) is 0 Å². The van der Waals surface area contributed by atoms with E-state index in [2.05, 4.69) is 21.5 Å². The van der Waals surface area contributed by atoms with Crippen LogP contribution in [0.4, 0.5) is 11.5 Å².